The van der Waals surface area contributed by atoms with E-state index in [1.165, 1.54) is 6.21 Å². The van der Waals surface area contributed by atoms with E-state index >= 15 is 0 Å². The van der Waals surface area contributed by atoms with Gasteiger partial charge in [0.25, 0.3) is 0 Å². The summed E-state index contributed by atoms with van der Waals surface area (Å²) in [6.07, 6.45) is 1.77. The van der Waals surface area contributed by atoms with Crippen LogP contribution in [0.1, 0.15) is 20.3 Å². The minimum atomic E-state index is -0.251. The van der Waals surface area contributed by atoms with Gasteiger partial charge in [-0.3, -0.25) is 4.79 Å². The molecular formula is C7H13NO3. The summed E-state index contributed by atoms with van der Waals surface area (Å²) in [5, 5.41) is 3.47. The SMILES string of the molecule is CC=NOCCC(=O)OCC. The number of nitrogens with zero attached hydrogens (tertiary/aromatic N) is 1. The first-order valence-corrected chi connectivity index (χ1v) is 3.56. The number of oxime groups is 1. The van der Waals surface area contributed by atoms with E-state index in [1.54, 1.807) is 13.8 Å². The molecule has 0 amide bonds. The zero-order valence-corrected chi connectivity index (χ0v) is 6.87. The molecule has 0 atom stereocenters. The molecule has 0 aromatic rings. The molecule has 0 N–H and O–H groups in total. The Morgan fingerprint density at radius 3 is 2.91 bits per heavy atom. The van der Waals surface area contributed by atoms with Gasteiger partial charge in [-0.15, -0.1) is 0 Å². The number of rotatable bonds is 5. The highest BCUT2D eigenvalue weighted by molar-refractivity contribution is 5.69. The largest absolute Gasteiger partial charge is 0.466 e. The molecule has 0 rings (SSSR count). The molecule has 11 heavy (non-hydrogen) atoms. The van der Waals surface area contributed by atoms with Crippen molar-refractivity contribution in [2.75, 3.05) is 13.2 Å². The van der Waals surface area contributed by atoms with Crippen LogP contribution < -0.4 is 0 Å². The number of esters is 1. The van der Waals surface area contributed by atoms with Crippen LogP contribution in [-0.4, -0.2) is 25.4 Å². The van der Waals surface area contributed by atoms with Gasteiger partial charge < -0.3 is 9.57 Å². The summed E-state index contributed by atoms with van der Waals surface area (Å²) in [7, 11) is 0. The van der Waals surface area contributed by atoms with E-state index in [2.05, 4.69) is 14.7 Å². The fourth-order valence-electron chi connectivity index (χ4n) is 0.489. The van der Waals surface area contributed by atoms with Crippen molar-refractivity contribution in [1.29, 1.82) is 0 Å². The molecule has 0 aliphatic rings. The summed E-state index contributed by atoms with van der Waals surface area (Å²) in [6.45, 7) is 4.20. The Balaban J connectivity index is 3.17. The van der Waals surface area contributed by atoms with Crippen LogP contribution in [0.4, 0.5) is 0 Å². The zero-order valence-electron chi connectivity index (χ0n) is 6.87. The third-order valence-corrected chi connectivity index (χ3v) is 0.883. The maximum Gasteiger partial charge on any atom is 0.309 e. The van der Waals surface area contributed by atoms with Crippen LogP contribution in [0.25, 0.3) is 0 Å². The van der Waals surface area contributed by atoms with Gasteiger partial charge in [-0.25, -0.2) is 0 Å². The van der Waals surface area contributed by atoms with Crippen molar-refractivity contribution < 1.29 is 14.4 Å². The molecule has 0 aromatic heterocycles. The van der Waals surface area contributed by atoms with Gasteiger partial charge in [-0.1, -0.05) is 5.16 Å². The highest BCUT2D eigenvalue weighted by atomic mass is 16.6. The first-order valence-electron chi connectivity index (χ1n) is 3.56. The first-order chi connectivity index (χ1) is 5.31. The van der Waals surface area contributed by atoms with E-state index < -0.39 is 0 Å². The van der Waals surface area contributed by atoms with Crippen LogP contribution in [0.2, 0.25) is 0 Å². The molecule has 0 fully saturated rings. The van der Waals surface area contributed by atoms with E-state index in [9.17, 15) is 4.79 Å². The lowest BCUT2D eigenvalue weighted by Crippen LogP contribution is -2.06. The Bertz CT molecular complexity index is 134. The fraction of sp³-hybridized carbons (Fsp3) is 0.714. The number of carbonyl (C=O) groups is 1. The van der Waals surface area contributed by atoms with Gasteiger partial charge in [-0.05, 0) is 13.8 Å². The Hall–Kier alpha value is -1.06. The monoisotopic (exact) mass is 159 g/mol. The van der Waals surface area contributed by atoms with Crippen molar-refractivity contribution in [3.63, 3.8) is 0 Å². The molecule has 4 nitrogen and oxygen atoms in total. The van der Waals surface area contributed by atoms with Crippen molar-refractivity contribution in [3.8, 4) is 0 Å². The molecule has 0 aromatic carbocycles. The number of carbonyl (C=O) groups excluding carboxylic acids is 1. The van der Waals surface area contributed by atoms with E-state index in [0.717, 1.165) is 0 Å². The van der Waals surface area contributed by atoms with Crippen molar-refractivity contribution in [1.82, 2.24) is 0 Å². The maximum atomic E-state index is 10.7. The molecule has 0 aliphatic carbocycles. The lowest BCUT2D eigenvalue weighted by molar-refractivity contribution is -0.144. The molecule has 0 unspecified atom stereocenters. The number of ether oxygens (including phenoxy) is 1. The summed E-state index contributed by atoms with van der Waals surface area (Å²) in [5.41, 5.74) is 0. The molecule has 0 saturated heterocycles. The van der Waals surface area contributed by atoms with Crippen molar-refractivity contribution >= 4 is 12.2 Å². The Morgan fingerprint density at radius 1 is 1.64 bits per heavy atom. The maximum absolute atomic E-state index is 10.7. The average molecular weight is 159 g/mol. The third kappa shape index (κ3) is 6.83. The molecule has 0 radical (unpaired) electrons. The van der Waals surface area contributed by atoms with Crippen LogP contribution in [0.15, 0.2) is 5.16 Å². The van der Waals surface area contributed by atoms with Crippen molar-refractivity contribution in [2.24, 2.45) is 5.16 Å². The van der Waals surface area contributed by atoms with Crippen molar-refractivity contribution in [3.05, 3.63) is 0 Å². The molecule has 0 aliphatic heterocycles. The molecule has 0 bridgehead atoms. The first kappa shape index (κ1) is 9.94. The van der Waals surface area contributed by atoms with Gasteiger partial charge in [0.1, 0.15) is 6.61 Å². The van der Waals surface area contributed by atoms with Crippen LogP contribution in [0.3, 0.4) is 0 Å². The van der Waals surface area contributed by atoms with Crippen LogP contribution in [0.5, 0.6) is 0 Å². The van der Waals surface area contributed by atoms with E-state index in [4.69, 9.17) is 0 Å². The fourth-order valence-corrected chi connectivity index (χ4v) is 0.489. The lowest BCUT2D eigenvalue weighted by atomic mass is 10.5. The molecule has 0 spiro atoms. The van der Waals surface area contributed by atoms with Gasteiger partial charge in [0, 0.05) is 6.21 Å². The third-order valence-electron chi connectivity index (χ3n) is 0.883. The van der Waals surface area contributed by atoms with Crippen molar-refractivity contribution in [2.45, 2.75) is 20.3 Å². The smallest absolute Gasteiger partial charge is 0.309 e. The second-order valence-corrected chi connectivity index (χ2v) is 1.75. The summed E-state index contributed by atoms with van der Waals surface area (Å²) < 4.78 is 4.65. The molecule has 64 valence electrons. The standard InChI is InChI=1S/C7H13NO3/c1-3-8-11-6-5-7(9)10-4-2/h3H,4-6H2,1-2H3. The van der Waals surface area contributed by atoms with Crippen LogP contribution in [-0.2, 0) is 14.4 Å². The highest BCUT2D eigenvalue weighted by Crippen LogP contribution is 1.87. The van der Waals surface area contributed by atoms with E-state index in [1.807, 2.05) is 0 Å². The Labute approximate surface area is 66.2 Å². The second-order valence-electron chi connectivity index (χ2n) is 1.75. The summed E-state index contributed by atoms with van der Waals surface area (Å²) in [5.74, 6) is -0.251. The van der Waals surface area contributed by atoms with Gasteiger partial charge in [0.2, 0.25) is 0 Å². The summed E-state index contributed by atoms with van der Waals surface area (Å²) in [6, 6.07) is 0. The highest BCUT2D eigenvalue weighted by Gasteiger charge is 1.99. The number of hydrogen-bond donors (Lipinski definition) is 0. The summed E-state index contributed by atoms with van der Waals surface area (Å²) in [4.78, 5) is 15.3. The minimum Gasteiger partial charge on any atom is -0.466 e. The second kappa shape index (κ2) is 7.05. The van der Waals surface area contributed by atoms with Gasteiger partial charge in [0.05, 0.1) is 13.0 Å². The summed E-state index contributed by atoms with van der Waals surface area (Å²) >= 11 is 0. The Kier molecular flexibility index (Phi) is 6.37. The lowest BCUT2D eigenvalue weighted by Gasteiger charge is -1.99. The molecule has 0 heterocycles. The molecule has 0 saturated carbocycles. The van der Waals surface area contributed by atoms with E-state index in [-0.39, 0.29) is 19.0 Å². The molecular weight excluding hydrogens is 146 g/mol. The predicted octanol–water partition coefficient (Wildman–Crippen LogP) is 0.962. The average Bonchev–Trinajstić information content (AvgIpc) is 1.99. The van der Waals surface area contributed by atoms with E-state index in [0.29, 0.717) is 6.61 Å². The van der Waals surface area contributed by atoms with Crippen LogP contribution in [0, 0.1) is 0 Å². The molecule has 4 heteroatoms. The predicted molar refractivity (Wildman–Crippen MR) is 41.4 cm³/mol. The van der Waals surface area contributed by atoms with Gasteiger partial charge in [-0.2, -0.15) is 0 Å². The zero-order chi connectivity index (χ0) is 8.53. The normalized spacial score (nSPS) is 10.0. The number of hydrogen-bond acceptors (Lipinski definition) is 4. The Morgan fingerprint density at radius 2 is 2.36 bits per heavy atom. The topological polar surface area (TPSA) is 47.9 Å². The van der Waals surface area contributed by atoms with Crippen LogP contribution >= 0.6 is 0 Å². The quantitative estimate of drug-likeness (QED) is 0.260. The van der Waals surface area contributed by atoms with Gasteiger partial charge >= 0.3 is 5.97 Å². The minimum absolute atomic E-state index is 0.251. The van der Waals surface area contributed by atoms with Gasteiger partial charge in [0.15, 0.2) is 0 Å².